The van der Waals surface area contributed by atoms with E-state index < -0.39 is 26.9 Å². The number of carbonyl (C=O) groups excluding carboxylic acids is 2. The molecule has 0 spiro atoms. The van der Waals surface area contributed by atoms with Crippen molar-refractivity contribution in [3.05, 3.63) is 91.0 Å². The van der Waals surface area contributed by atoms with Crippen LogP contribution in [0, 0.1) is 11.3 Å². The zero-order chi connectivity index (χ0) is 34.8. The fourth-order valence-electron chi connectivity index (χ4n) is 6.44. The number of ketones is 1. The number of likely N-dealkylation sites (tertiary alicyclic amines) is 1. The maximum Gasteiger partial charge on any atom is 0.410 e. The molecule has 1 saturated heterocycles. The third kappa shape index (κ3) is 10.9. The van der Waals surface area contributed by atoms with Gasteiger partial charge in [-0.1, -0.05) is 67.9 Å². The molecule has 1 heterocycles. The number of hydrogen-bond acceptors (Lipinski definition) is 7. The van der Waals surface area contributed by atoms with Crippen LogP contribution in [-0.2, 0) is 30.5 Å². The molecule has 0 radical (unpaired) electrons. The molecule has 1 N–H and O–H groups in total. The monoisotopic (exact) mass is 695 g/mol. The van der Waals surface area contributed by atoms with Gasteiger partial charge < -0.3 is 19.3 Å². The highest BCUT2D eigenvalue weighted by molar-refractivity contribution is 7.97. The van der Waals surface area contributed by atoms with E-state index in [4.69, 9.17) is 4.74 Å². The summed E-state index contributed by atoms with van der Waals surface area (Å²) in [5.41, 5.74) is -1.20. The Labute approximate surface area is 289 Å². The summed E-state index contributed by atoms with van der Waals surface area (Å²) in [6.07, 6.45) is 5.17. The number of Topliss-reactive ketones (excluding diaryl/α,β-unsaturated/α-hetero) is 1. The van der Waals surface area contributed by atoms with Crippen LogP contribution in [0.1, 0.15) is 72.1 Å². The van der Waals surface area contributed by atoms with Gasteiger partial charge in [0.15, 0.2) is 14.7 Å². The van der Waals surface area contributed by atoms with Gasteiger partial charge in [-0.25, -0.2) is 13.2 Å². The van der Waals surface area contributed by atoms with Crippen LogP contribution < -0.4 is 0 Å². The van der Waals surface area contributed by atoms with Crippen LogP contribution in [0.25, 0.3) is 0 Å². The fraction of sp³-hybridized carbons (Fsp3) is 0.474. The van der Waals surface area contributed by atoms with Gasteiger partial charge in [-0.15, -0.1) is 0 Å². The Morgan fingerprint density at radius 3 is 1.83 bits per heavy atom. The number of amides is 1. The number of aliphatic hydroxyl groups is 1. The Morgan fingerprint density at radius 1 is 0.917 bits per heavy atom. The summed E-state index contributed by atoms with van der Waals surface area (Å²) in [6.45, 7) is 7.00. The molecule has 6 rings (SSSR count). The Hall–Kier alpha value is -3.18. The first-order valence-corrected chi connectivity index (χ1v) is 19.6. The van der Waals surface area contributed by atoms with E-state index >= 15 is 0 Å². The minimum atomic E-state index is -4.27. The lowest BCUT2D eigenvalue weighted by molar-refractivity contribution is -0.125. The maximum absolute atomic E-state index is 11.7. The molecule has 2 bridgehead atoms. The fourth-order valence-corrected chi connectivity index (χ4v) is 9.65. The summed E-state index contributed by atoms with van der Waals surface area (Å²) in [5, 5.41) is 9.31. The molecule has 2 saturated carbocycles. The van der Waals surface area contributed by atoms with Crippen LogP contribution in [0.15, 0.2) is 106 Å². The van der Waals surface area contributed by atoms with Gasteiger partial charge in [-0.3, -0.25) is 4.79 Å². The molecule has 3 aliphatic rings. The molecule has 2 aliphatic carbocycles. The van der Waals surface area contributed by atoms with Crippen LogP contribution in [0.4, 0.5) is 4.79 Å². The van der Waals surface area contributed by atoms with E-state index in [0.717, 1.165) is 19.3 Å². The van der Waals surface area contributed by atoms with Crippen LogP contribution in [0.5, 0.6) is 0 Å². The molecule has 10 heteroatoms. The first kappa shape index (κ1) is 37.6. The van der Waals surface area contributed by atoms with Crippen LogP contribution in [-0.4, -0.2) is 65.4 Å². The van der Waals surface area contributed by atoms with E-state index in [9.17, 15) is 27.7 Å². The third-order valence-corrected chi connectivity index (χ3v) is 12.5. The SMILES string of the molecule is CCC(C)(C)OC(=O)N1CCC(O)CC1.O=C1CC2CCCC1(CS(=O)(=O)[O-])C2.c1ccc([S+](c2ccccc2)c2ccccc2)cc1. The normalized spacial score (nSPS) is 21.1. The lowest BCUT2D eigenvalue weighted by atomic mass is 9.77. The summed E-state index contributed by atoms with van der Waals surface area (Å²) in [6, 6.07) is 32.2. The second-order valence-electron chi connectivity index (χ2n) is 13.5. The molecule has 3 aromatic rings. The molecule has 2 unspecified atom stereocenters. The second kappa shape index (κ2) is 17.0. The first-order valence-electron chi connectivity index (χ1n) is 16.8. The predicted octanol–water partition coefficient (Wildman–Crippen LogP) is 7.23. The van der Waals surface area contributed by atoms with E-state index in [-0.39, 0.29) is 28.9 Å². The minimum Gasteiger partial charge on any atom is -0.748 e. The molecule has 1 aliphatic heterocycles. The zero-order valence-electron chi connectivity index (χ0n) is 28.3. The average molecular weight is 696 g/mol. The van der Waals surface area contributed by atoms with Crippen molar-refractivity contribution in [3.63, 3.8) is 0 Å². The van der Waals surface area contributed by atoms with Gasteiger partial charge in [0.1, 0.15) is 11.4 Å². The summed E-state index contributed by atoms with van der Waals surface area (Å²) in [4.78, 5) is 29.1. The van der Waals surface area contributed by atoms with E-state index in [1.807, 2.05) is 20.8 Å². The van der Waals surface area contributed by atoms with Gasteiger partial charge in [0.2, 0.25) is 0 Å². The molecular formula is C38H49NO7S2. The lowest BCUT2D eigenvalue weighted by Gasteiger charge is -2.32. The van der Waals surface area contributed by atoms with Crippen LogP contribution >= 0.6 is 0 Å². The number of carbonyl (C=O) groups is 2. The number of piperidine rings is 1. The highest BCUT2D eigenvalue weighted by Crippen LogP contribution is 2.49. The summed E-state index contributed by atoms with van der Waals surface area (Å²) in [7, 11) is -4.29. The summed E-state index contributed by atoms with van der Waals surface area (Å²) >= 11 is 0. The van der Waals surface area contributed by atoms with Crippen molar-refractivity contribution in [2.45, 2.75) is 98.5 Å². The van der Waals surface area contributed by atoms with Crippen molar-refractivity contribution < 1.29 is 32.4 Å². The van der Waals surface area contributed by atoms with Crippen molar-refractivity contribution in [1.29, 1.82) is 0 Å². The molecule has 3 aromatic carbocycles. The summed E-state index contributed by atoms with van der Waals surface area (Å²) < 4.78 is 37.5. The number of ether oxygens (including phenoxy) is 1. The lowest BCUT2D eigenvalue weighted by Crippen LogP contribution is -2.43. The highest BCUT2D eigenvalue weighted by atomic mass is 32.2. The number of benzene rings is 3. The largest absolute Gasteiger partial charge is 0.748 e. The van der Waals surface area contributed by atoms with E-state index in [1.165, 1.54) is 14.7 Å². The Kier molecular flexibility index (Phi) is 13.3. The number of rotatable bonds is 7. The highest BCUT2D eigenvalue weighted by Gasteiger charge is 2.49. The molecule has 1 amide bonds. The number of aliphatic hydroxyl groups excluding tert-OH is 1. The van der Waals surface area contributed by atoms with E-state index in [0.29, 0.717) is 51.1 Å². The van der Waals surface area contributed by atoms with Crippen LogP contribution in [0.2, 0.25) is 0 Å². The molecule has 2 atom stereocenters. The smallest absolute Gasteiger partial charge is 0.410 e. The van der Waals surface area contributed by atoms with Gasteiger partial charge in [-0.2, -0.15) is 0 Å². The third-order valence-electron chi connectivity index (χ3n) is 9.34. The molecule has 260 valence electrons. The predicted molar refractivity (Wildman–Crippen MR) is 188 cm³/mol. The maximum atomic E-state index is 11.7. The molecule has 48 heavy (non-hydrogen) atoms. The number of nitrogens with zero attached hydrogens (tertiary/aromatic N) is 1. The van der Waals surface area contributed by atoms with Gasteiger partial charge in [0.05, 0.1) is 32.9 Å². The van der Waals surface area contributed by atoms with Crippen molar-refractivity contribution in [3.8, 4) is 0 Å². The topological polar surface area (TPSA) is 124 Å². The summed E-state index contributed by atoms with van der Waals surface area (Å²) in [5.74, 6) is -0.146. The zero-order valence-corrected chi connectivity index (χ0v) is 29.9. The number of fused-ring (bicyclic) bond motifs is 2. The van der Waals surface area contributed by atoms with Crippen molar-refractivity contribution in [2.75, 3.05) is 18.8 Å². The van der Waals surface area contributed by atoms with Crippen molar-refractivity contribution in [1.82, 2.24) is 4.90 Å². The Balaban J connectivity index is 0.000000165. The van der Waals surface area contributed by atoms with Gasteiger partial charge >= 0.3 is 6.09 Å². The standard InChI is InChI=1S/C18H15S.C11H21NO3.C9H14O4S/c1-4-10-16(11-5-1)19(17-12-6-2-7-13-17)18-14-8-3-9-15-18;1-4-11(2,3)15-10(14)12-7-5-9(13)6-8-12;10-8-4-7-2-1-3-9(8,5-7)6-14(11,12)13/h1-15H;9,13H,4-8H2,1-3H3;7H,1-6H2,(H,11,12,13)/q+1;;/p-1. The van der Waals surface area contributed by atoms with Crippen molar-refractivity contribution in [2.24, 2.45) is 11.3 Å². The Bertz CT molecular complexity index is 1470. The minimum absolute atomic E-state index is 0.000532. The van der Waals surface area contributed by atoms with Gasteiger partial charge in [0, 0.05) is 24.9 Å². The molecule has 3 fully saturated rings. The quantitative estimate of drug-likeness (QED) is 0.204. The van der Waals surface area contributed by atoms with E-state index in [2.05, 4.69) is 91.0 Å². The van der Waals surface area contributed by atoms with Gasteiger partial charge in [0.25, 0.3) is 0 Å². The Morgan fingerprint density at radius 2 is 1.40 bits per heavy atom. The number of hydrogen-bond donors (Lipinski definition) is 1. The van der Waals surface area contributed by atoms with Gasteiger partial charge in [-0.05, 0) is 94.7 Å². The second-order valence-corrected chi connectivity index (χ2v) is 16.9. The van der Waals surface area contributed by atoms with Crippen molar-refractivity contribution >= 4 is 32.9 Å². The van der Waals surface area contributed by atoms with Crippen LogP contribution in [0.3, 0.4) is 0 Å². The molecule has 0 aromatic heterocycles. The first-order chi connectivity index (χ1) is 22.8. The average Bonchev–Trinajstić information content (AvgIpc) is 3.27. The molecular weight excluding hydrogens is 647 g/mol. The van der Waals surface area contributed by atoms with E-state index in [1.54, 1.807) is 4.90 Å². The molecule has 8 nitrogen and oxygen atoms in total.